The van der Waals surface area contributed by atoms with Crippen molar-refractivity contribution in [3.63, 3.8) is 0 Å². The van der Waals surface area contributed by atoms with Gasteiger partial charge in [0.05, 0.1) is 15.5 Å². The lowest BCUT2D eigenvalue weighted by Crippen LogP contribution is -2.35. The third-order valence-corrected chi connectivity index (χ3v) is 7.84. The largest absolute Gasteiger partial charge is 0.454 e. The van der Waals surface area contributed by atoms with Gasteiger partial charge >= 0.3 is 5.97 Å². The van der Waals surface area contributed by atoms with E-state index in [0.29, 0.717) is 24.3 Å². The molecule has 7 nitrogen and oxygen atoms in total. The molecule has 9 heteroatoms. The van der Waals surface area contributed by atoms with E-state index in [1.54, 1.807) is 6.92 Å². The number of esters is 1. The van der Waals surface area contributed by atoms with Gasteiger partial charge in [-0.3, -0.25) is 4.79 Å². The Morgan fingerprint density at radius 1 is 1.09 bits per heavy atom. The number of carbonyl (C=O) groups excluding carboxylic acids is 2. The zero-order valence-corrected chi connectivity index (χ0v) is 19.1. The van der Waals surface area contributed by atoms with Crippen LogP contribution >= 0.6 is 11.6 Å². The van der Waals surface area contributed by atoms with Crippen LogP contribution in [0.4, 0.5) is 0 Å². The first-order valence-corrected chi connectivity index (χ1v) is 12.2. The Labute approximate surface area is 191 Å². The minimum absolute atomic E-state index is 0.0189. The molecule has 0 spiro atoms. The van der Waals surface area contributed by atoms with Crippen LogP contribution in [0.2, 0.25) is 5.02 Å². The molecule has 3 aromatic rings. The number of H-pyrrole nitrogens is 1. The van der Waals surface area contributed by atoms with Crippen LogP contribution in [0.25, 0.3) is 10.9 Å². The second kappa shape index (κ2) is 9.05. The SMILES string of the molecule is Cc1[nH]c2ccccc2c1C(=O)COC(=O)c1cc(S(=O)(=O)N2CCCCC2)ccc1Cl. The van der Waals surface area contributed by atoms with E-state index in [-0.39, 0.29) is 21.3 Å². The van der Waals surface area contributed by atoms with Gasteiger partial charge in [-0.05, 0) is 44.0 Å². The summed E-state index contributed by atoms with van der Waals surface area (Å²) in [5, 5.41) is 0.807. The van der Waals surface area contributed by atoms with Gasteiger partial charge in [0.25, 0.3) is 0 Å². The number of Topliss-reactive ketones (excluding diaryl/α,β-unsaturated/α-hetero) is 1. The number of ether oxygens (including phenoxy) is 1. The van der Waals surface area contributed by atoms with Crippen molar-refractivity contribution >= 4 is 44.3 Å². The zero-order valence-electron chi connectivity index (χ0n) is 17.6. The predicted octanol–water partition coefficient (Wildman–Crippen LogP) is 4.34. The number of nitrogens with zero attached hydrogens (tertiary/aromatic N) is 1. The summed E-state index contributed by atoms with van der Waals surface area (Å²) in [5.74, 6) is -1.21. The molecule has 1 aliphatic rings. The Bertz CT molecular complexity index is 1290. The maximum absolute atomic E-state index is 12.9. The minimum atomic E-state index is -3.74. The summed E-state index contributed by atoms with van der Waals surface area (Å²) in [6, 6.07) is 11.3. The maximum atomic E-state index is 12.9. The van der Waals surface area contributed by atoms with Crippen molar-refractivity contribution in [3.8, 4) is 0 Å². The van der Waals surface area contributed by atoms with Crippen LogP contribution < -0.4 is 0 Å². The first kappa shape index (κ1) is 22.5. The second-order valence-electron chi connectivity index (χ2n) is 7.78. The molecule has 1 N–H and O–H groups in total. The molecule has 2 aromatic carbocycles. The Morgan fingerprint density at radius 3 is 2.56 bits per heavy atom. The monoisotopic (exact) mass is 474 g/mol. The van der Waals surface area contributed by atoms with Crippen molar-refractivity contribution in [2.75, 3.05) is 19.7 Å². The van der Waals surface area contributed by atoms with E-state index < -0.39 is 22.6 Å². The van der Waals surface area contributed by atoms with Crippen molar-refractivity contribution in [1.82, 2.24) is 9.29 Å². The van der Waals surface area contributed by atoms with E-state index in [9.17, 15) is 18.0 Å². The number of nitrogens with one attached hydrogen (secondary N) is 1. The molecule has 1 fully saturated rings. The van der Waals surface area contributed by atoms with Crippen LogP contribution in [0.1, 0.15) is 45.7 Å². The molecule has 0 radical (unpaired) electrons. The number of ketones is 1. The lowest BCUT2D eigenvalue weighted by molar-refractivity contribution is 0.0475. The van der Waals surface area contributed by atoms with Crippen LogP contribution in [-0.2, 0) is 14.8 Å². The number of hydrogen-bond acceptors (Lipinski definition) is 5. The molecule has 4 rings (SSSR count). The molecule has 2 heterocycles. The molecule has 0 bridgehead atoms. The Balaban J connectivity index is 1.53. The van der Waals surface area contributed by atoms with Gasteiger partial charge in [0.15, 0.2) is 6.61 Å². The number of sulfonamides is 1. The number of fused-ring (bicyclic) bond motifs is 1. The highest BCUT2D eigenvalue weighted by molar-refractivity contribution is 7.89. The van der Waals surface area contributed by atoms with Crippen LogP contribution in [0.3, 0.4) is 0 Å². The van der Waals surface area contributed by atoms with E-state index in [1.807, 2.05) is 24.3 Å². The van der Waals surface area contributed by atoms with E-state index in [2.05, 4.69) is 4.98 Å². The Hall–Kier alpha value is -2.68. The first-order valence-electron chi connectivity index (χ1n) is 10.4. The Kier molecular flexibility index (Phi) is 6.37. The molecule has 0 unspecified atom stereocenters. The summed E-state index contributed by atoms with van der Waals surface area (Å²) >= 11 is 6.15. The van der Waals surface area contributed by atoms with Crippen LogP contribution in [0.15, 0.2) is 47.4 Å². The van der Waals surface area contributed by atoms with Gasteiger partial charge in [-0.2, -0.15) is 4.31 Å². The summed E-state index contributed by atoms with van der Waals surface area (Å²) in [4.78, 5) is 28.5. The summed E-state index contributed by atoms with van der Waals surface area (Å²) in [6.45, 7) is 2.19. The lowest BCUT2D eigenvalue weighted by Gasteiger charge is -2.26. The Morgan fingerprint density at radius 2 is 1.81 bits per heavy atom. The van der Waals surface area contributed by atoms with E-state index >= 15 is 0 Å². The number of carbonyl (C=O) groups is 2. The molecule has 168 valence electrons. The third-order valence-electron chi connectivity index (χ3n) is 5.62. The van der Waals surface area contributed by atoms with Gasteiger partial charge < -0.3 is 9.72 Å². The highest BCUT2D eigenvalue weighted by atomic mass is 35.5. The summed E-state index contributed by atoms with van der Waals surface area (Å²) < 4.78 is 32.5. The summed E-state index contributed by atoms with van der Waals surface area (Å²) in [6.07, 6.45) is 2.60. The highest BCUT2D eigenvalue weighted by Crippen LogP contribution is 2.26. The number of benzene rings is 2. The summed E-state index contributed by atoms with van der Waals surface area (Å²) in [5.41, 5.74) is 1.87. The molecule has 0 atom stereocenters. The summed E-state index contributed by atoms with van der Waals surface area (Å²) in [7, 11) is -3.74. The van der Waals surface area contributed by atoms with Crippen molar-refractivity contribution in [1.29, 1.82) is 0 Å². The van der Waals surface area contributed by atoms with Crippen LogP contribution in [-0.4, -0.2) is 49.2 Å². The first-order chi connectivity index (χ1) is 15.3. The predicted molar refractivity (Wildman–Crippen MR) is 122 cm³/mol. The highest BCUT2D eigenvalue weighted by Gasteiger charge is 2.28. The van der Waals surface area contributed by atoms with Crippen molar-refractivity contribution in [2.45, 2.75) is 31.1 Å². The molecular formula is C23H23ClN2O5S. The number of aryl methyl sites for hydroxylation is 1. The van der Waals surface area contributed by atoms with Gasteiger partial charge in [-0.15, -0.1) is 0 Å². The van der Waals surface area contributed by atoms with Crippen molar-refractivity contribution in [2.24, 2.45) is 0 Å². The van der Waals surface area contributed by atoms with Crippen LogP contribution in [0, 0.1) is 6.92 Å². The minimum Gasteiger partial charge on any atom is -0.454 e. The molecule has 0 saturated carbocycles. The average molecular weight is 475 g/mol. The number of para-hydroxylation sites is 1. The topological polar surface area (TPSA) is 96.5 Å². The van der Waals surface area contributed by atoms with Gasteiger partial charge in [-0.25, -0.2) is 13.2 Å². The molecule has 1 aromatic heterocycles. The number of halogens is 1. The maximum Gasteiger partial charge on any atom is 0.340 e. The second-order valence-corrected chi connectivity index (χ2v) is 10.1. The fraction of sp³-hybridized carbons (Fsp3) is 0.304. The van der Waals surface area contributed by atoms with Gasteiger partial charge in [0.1, 0.15) is 0 Å². The fourth-order valence-electron chi connectivity index (χ4n) is 3.99. The normalized spacial score (nSPS) is 15.1. The number of rotatable bonds is 6. The number of hydrogen-bond donors (Lipinski definition) is 1. The van der Waals surface area contributed by atoms with Gasteiger partial charge in [-0.1, -0.05) is 36.2 Å². The van der Waals surface area contributed by atoms with Gasteiger partial charge in [0, 0.05) is 35.2 Å². The zero-order chi connectivity index (χ0) is 22.9. The lowest BCUT2D eigenvalue weighted by atomic mass is 10.1. The molecule has 0 aliphatic carbocycles. The average Bonchev–Trinajstić information content (AvgIpc) is 3.13. The van der Waals surface area contributed by atoms with Crippen LogP contribution in [0.5, 0.6) is 0 Å². The standard InChI is InChI=1S/C23H23ClN2O5S/c1-15-22(17-7-3-4-8-20(17)25-15)21(27)14-31-23(28)18-13-16(9-10-19(18)24)32(29,30)26-11-5-2-6-12-26/h3-4,7-10,13,25H,2,5-6,11-12,14H2,1H3. The smallest absolute Gasteiger partial charge is 0.340 e. The number of piperidine rings is 1. The third kappa shape index (κ3) is 4.30. The quantitative estimate of drug-likeness (QED) is 0.423. The van der Waals surface area contributed by atoms with E-state index in [4.69, 9.17) is 16.3 Å². The fourth-order valence-corrected chi connectivity index (χ4v) is 5.73. The van der Waals surface area contributed by atoms with E-state index in [1.165, 1.54) is 22.5 Å². The molecular weight excluding hydrogens is 452 g/mol. The molecule has 0 amide bonds. The molecule has 32 heavy (non-hydrogen) atoms. The van der Waals surface area contributed by atoms with Crippen molar-refractivity contribution < 1.29 is 22.7 Å². The van der Waals surface area contributed by atoms with Crippen molar-refractivity contribution in [3.05, 3.63) is 64.3 Å². The van der Waals surface area contributed by atoms with Gasteiger partial charge in [0.2, 0.25) is 15.8 Å². The molecule has 1 saturated heterocycles. The number of aromatic nitrogens is 1. The van der Waals surface area contributed by atoms with E-state index in [0.717, 1.165) is 30.2 Å². The molecule has 1 aliphatic heterocycles. The number of aromatic amines is 1.